The molecule has 1 unspecified atom stereocenters. The molecule has 0 fully saturated rings. The van der Waals surface area contributed by atoms with Gasteiger partial charge in [-0.05, 0) is 25.5 Å². The molecule has 1 aromatic heterocycles. The van der Waals surface area contributed by atoms with Crippen molar-refractivity contribution in [2.45, 2.75) is 26.1 Å². The Morgan fingerprint density at radius 1 is 1.58 bits per heavy atom. The third kappa shape index (κ3) is 4.07. The summed E-state index contributed by atoms with van der Waals surface area (Å²) in [5.41, 5.74) is -0.371. The number of carbonyl (C=O) groups is 1. The topological polar surface area (TPSA) is 59.4 Å². The molecule has 0 radical (unpaired) electrons. The van der Waals surface area contributed by atoms with Gasteiger partial charge < -0.3 is 9.84 Å². The predicted molar refractivity (Wildman–Crippen MR) is 61.2 cm³/mol. The average molecular weight is 298 g/mol. The maximum absolute atomic E-state index is 12.3. The fourth-order valence-corrected chi connectivity index (χ4v) is 1.60. The Hall–Kier alpha value is -1.34. The number of nitrogens with zero attached hydrogens (tertiary/aromatic N) is 1. The molecule has 0 saturated heterocycles. The third-order valence-electron chi connectivity index (χ3n) is 2.15. The van der Waals surface area contributed by atoms with Crippen molar-refractivity contribution in [1.82, 2.24) is 4.98 Å². The third-order valence-corrected chi connectivity index (χ3v) is 2.40. The quantitative estimate of drug-likeness (QED) is 0.868. The van der Waals surface area contributed by atoms with Crippen LogP contribution in [0.2, 0.25) is 5.15 Å². The number of carbonyl (C=O) groups excluding carboxylic acids is 1. The van der Waals surface area contributed by atoms with Crippen LogP contribution in [0.5, 0.6) is 5.75 Å². The number of aliphatic hydroxyl groups is 1. The van der Waals surface area contributed by atoms with Crippen LogP contribution in [0.25, 0.3) is 0 Å². The molecule has 4 nitrogen and oxygen atoms in total. The fraction of sp³-hybridized carbons (Fsp3) is 0.455. The number of ketones is 1. The van der Waals surface area contributed by atoms with Gasteiger partial charge in [0.05, 0.1) is 5.69 Å². The van der Waals surface area contributed by atoms with Gasteiger partial charge in [0.15, 0.2) is 22.8 Å². The summed E-state index contributed by atoms with van der Waals surface area (Å²) >= 11 is 5.69. The minimum absolute atomic E-state index is 0.0231. The van der Waals surface area contributed by atoms with Gasteiger partial charge in [0.2, 0.25) is 0 Å². The van der Waals surface area contributed by atoms with E-state index in [-0.39, 0.29) is 28.9 Å². The second-order valence-electron chi connectivity index (χ2n) is 3.92. The molecular weight excluding hydrogens is 287 g/mol. The largest absolute Gasteiger partial charge is 0.482 e. The highest BCUT2D eigenvalue weighted by Gasteiger charge is 2.40. The minimum atomic E-state index is -4.83. The van der Waals surface area contributed by atoms with Crippen molar-refractivity contribution in [3.63, 3.8) is 0 Å². The zero-order valence-electron chi connectivity index (χ0n) is 10.1. The number of aromatic nitrogens is 1. The number of hydrogen-bond acceptors (Lipinski definition) is 4. The van der Waals surface area contributed by atoms with Crippen LogP contribution in [-0.2, 0) is 4.79 Å². The van der Waals surface area contributed by atoms with Crippen molar-refractivity contribution in [2.75, 3.05) is 6.61 Å². The summed E-state index contributed by atoms with van der Waals surface area (Å²) < 4.78 is 42.1. The molecule has 1 rings (SSSR count). The number of halogens is 4. The van der Waals surface area contributed by atoms with Gasteiger partial charge in [-0.15, -0.1) is 0 Å². The Morgan fingerprint density at radius 3 is 2.58 bits per heavy atom. The number of alkyl halides is 3. The molecule has 0 bridgehead atoms. The number of aryl methyl sites for hydroxylation is 1. The van der Waals surface area contributed by atoms with Crippen molar-refractivity contribution in [1.29, 1.82) is 0 Å². The number of ether oxygens (including phenoxy) is 1. The van der Waals surface area contributed by atoms with E-state index in [0.717, 1.165) is 6.07 Å². The lowest BCUT2D eigenvalue weighted by molar-refractivity contribution is -0.207. The first kappa shape index (κ1) is 15.7. The van der Waals surface area contributed by atoms with Crippen LogP contribution in [0.15, 0.2) is 6.07 Å². The zero-order valence-corrected chi connectivity index (χ0v) is 10.8. The van der Waals surface area contributed by atoms with E-state index in [4.69, 9.17) is 21.4 Å². The predicted octanol–water partition coefficient (Wildman–Crippen LogP) is 2.61. The summed E-state index contributed by atoms with van der Waals surface area (Å²) in [5, 5.41) is 8.74. The zero-order chi connectivity index (χ0) is 14.8. The van der Waals surface area contributed by atoms with Crippen LogP contribution < -0.4 is 4.74 Å². The number of Topliss-reactive ketones (excluding diaryl/α,β-unsaturated/α-hetero) is 1. The highest BCUT2D eigenvalue weighted by atomic mass is 35.5. The summed E-state index contributed by atoms with van der Waals surface area (Å²) in [6.45, 7) is 2.47. The molecule has 1 N–H and O–H groups in total. The summed E-state index contributed by atoms with van der Waals surface area (Å²) in [5.74, 6) is -0.245. The first-order valence-electron chi connectivity index (χ1n) is 5.17. The highest BCUT2D eigenvalue weighted by molar-refractivity contribution is 6.31. The Morgan fingerprint density at radius 2 is 2.16 bits per heavy atom. The van der Waals surface area contributed by atoms with Gasteiger partial charge in [0.1, 0.15) is 6.61 Å². The van der Waals surface area contributed by atoms with E-state index in [1.165, 1.54) is 13.8 Å². The van der Waals surface area contributed by atoms with Crippen molar-refractivity contribution < 1.29 is 27.8 Å². The molecule has 19 heavy (non-hydrogen) atoms. The Labute approximate surface area is 112 Å². The lowest BCUT2D eigenvalue weighted by atomic mass is 10.1. The van der Waals surface area contributed by atoms with Gasteiger partial charge in [0, 0.05) is 0 Å². The second-order valence-corrected chi connectivity index (χ2v) is 4.28. The molecular formula is C11H11ClF3NO3. The molecule has 1 heterocycles. The van der Waals surface area contributed by atoms with E-state index in [1.807, 2.05) is 0 Å². The molecule has 1 aromatic rings. The highest BCUT2D eigenvalue weighted by Crippen LogP contribution is 2.35. The molecule has 0 saturated carbocycles. The van der Waals surface area contributed by atoms with Crippen molar-refractivity contribution in [3.05, 3.63) is 22.5 Å². The Bertz CT molecular complexity index is 468. The van der Waals surface area contributed by atoms with Gasteiger partial charge in [-0.3, -0.25) is 4.79 Å². The lowest BCUT2D eigenvalue weighted by Gasteiger charge is -2.16. The standard InChI is InChI=1S/C11H11ClF3NO3/c1-5-3-7(9(18)11(13,14)15)16-10(12)8(5)19-4-6(2)17/h3,9,18H,4H2,1-2H3. The summed E-state index contributed by atoms with van der Waals surface area (Å²) in [7, 11) is 0. The van der Waals surface area contributed by atoms with Gasteiger partial charge in [0.25, 0.3) is 0 Å². The molecule has 0 aliphatic heterocycles. The van der Waals surface area contributed by atoms with E-state index in [2.05, 4.69) is 4.98 Å². The van der Waals surface area contributed by atoms with Crippen LogP contribution in [0, 0.1) is 6.92 Å². The summed E-state index contributed by atoms with van der Waals surface area (Å²) in [6.07, 6.45) is -7.55. The molecule has 106 valence electrons. The molecule has 0 aliphatic rings. The fourth-order valence-electron chi connectivity index (χ4n) is 1.30. The van der Waals surface area contributed by atoms with E-state index in [9.17, 15) is 18.0 Å². The van der Waals surface area contributed by atoms with Crippen LogP contribution in [0.1, 0.15) is 24.3 Å². The van der Waals surface area contributed by atoms with Crippen molar-refractivity contribution >= 4 is 17.4 Å². The second kappa shape index (κ2) is 5.75. The van der Waals surface area contributed by atoms with Gasteiger partial charge in [-0.2, -0.15) is 13.2 Å². The molecule has 0 aromatic carbocycles. The molecule has 8 heteroatoms. The SMILES string of the molecule is CC(=O)COc1c(C)cc(C(O)C(F)(F)F)nc1Cl. The van der Waals surface area contributed by atoms with Crippen LogP contribution in [-0.4, -0.2) is 28.7 Å². The Balaban J connectivity index is 3.06. The molecule has 0 spiro atoms. The summed E-state index contributed by atoms with van der Waals surface area (Å²) in [4.78, 5) is 14.2. The van der Waals surface area contributed by atoms with Crippen LogP contribution in [0.4, 0.5) is 13.2 Å². The van der Waals surface area contributed by atoms with Gasteiger partial charge in [-0.1, -0.05) is 11.6 Å². The lowest BCUT2D eigenvalue weighted by Crippen LogP contribution is -2.21. The first-order chi connectivity index (χ1) is 8.62. The molecule has 0 amide bonds. The Kier molecular flexibility index (Phi) is 4.75. The van der Waals surface area contributed by atoms with Gasteiger partial charge >= 0.3 is 6.18 Å². The maximum Gasteiger partial charge on any atom is 0.420 e. The van der Waals surface area contributed by atoms with Gasteiger partial charge in [-0.25, -0.2) is 4.98 Å². The number of pyridine rings is 1. The monoisotopic (exact) mass is 297 g/mol. The van der Waals surface area contributed by atoms with E-state index < -0.39 is 18.0 Å². The average Bonchev–Trinajstić information content (AvgIpc) is 2.24. The van der Waals surface area contributed by atoms with Crippen LogP contribution >= 0.6 is 11.6 Å². The van der Waals surface area contributed by atoms with Crippen LogP contribution in [0.3, 0.4) is 0 Å². The first-order valence-corrected chi connectivity index (χ1v) is 5.54. The van der Waals surface area contributed by atoms with E-state index >= 15 is 0 Å². The minimum Gasteiger partial charge on any atom is -0.482 e. The molecule has 1 atom stereocenters. The van der Waals surface area contributed by atoms with Crippen molar-refractivity contribution in [3.8, 4) is 5.75 Å². The van der Waals surface area contributed by atoms with E-state index in [1.54, 1.807) is 0 Å². The summed E-state index contributed by atoms with van der Waals surface area (Å²) in [6, 6.07) is 1.01. The smallest absolute Gasteiger partial charge is 0.420 e. The molecule has 0 aliphatic carbocycles. The van der Waals surface area contributed by atoms with Crippen molar-refractivity contribution in [2.24, 2.45) is 0 Å². The van der Waals surface area contributed by atoms with E-state index in [0.29, 0.717) is 0 Å². The maximum atomic E-state index is 12.3. The number of hydrogen-bond donors (Lipinski definition) is 1. The normalized spacial score (nSPS) is 13.2. The number of aliphatic hydroxyl groups excluding tert-OH is 1. The number of rotatable bonds is 4.